The first-order chi connectivity index (χ1) is 8.43. The Morgan fingerprint density at radius 3 is 2.28 bits per heavy atom. The molecule has 0 unspecified atom stereocenters. The van der Waals surface area contributed by atoms with E-state index < -0.39 is 23.8 Å². The van der Waals surface area contributed by atoms with Crippen LogP contribution in [0.2, 0.25) is 0 Å². The van der Waals surface area contributed by atoms with Crippen LogP contribution in [0.5, 0.6) is 0 Å². The molecule has 6 heteroatoms. The highest BCUT2D eigenvalue weighted by atomic mass is 16.4. The number of rotatable bonds is 7. The van der Waals surface area contributed by atoms with Gasteiger partial charge in [0.15, 0.2) is 0 Å². The number of carbonyl (C=O) groups is 3. The molecule has 0 aromatic heterocycles. The Morgan fingerprint density at radius 1 is 1.28 bits per heavy atom. The van der Waals surface area contributed by atoms with E-state index in [1.807, 2.05) is 19.0 Å². The summed E-state index contributed by atoms with van der Waals surface area (Å²) in [5.74, 6) is -2.22. The Balaban J connectivity index is 2.53. The molecule has 0 radical (unpaired) electrons. The van der Waals surface area contributed by atoms with Gasteiger partial charge in [-0.05, 0) is 39.9 Å². The zero-order valence-corrected chi connectivity index (χ0v) is 10.6. The molecule has 100 valence electrons. The second-order valence-corrected chi connectivity index (χ2v) is 4.53. The molecule has 1 aliphatic heterocycles. The first kappa shape index (κ1) is 14.4. The highest BCUT2D eigenvalue weighted by Gasteiger charge is 2.35. The normalized spacial score (nSPS) is 16.7. The average Bonchev–Trinajstić information content (AvgIpc) is 2.59. The largest absolute Gasteiger partial charge is 0.480 e. The quantitative estimate of drug-likeness (QED) is 0.515. The summed E-state index contributed by atoms with van der Waals surface area (Å²) in [4.78, 5) is 36.8. The van der Waals surface area contributed by atoms with Crippen LogP contribution in [0.1, 0.15) is 19.3 Å². The van der Waals surface area contributed by atoms with E-state index in [1.54, 1.807) is 0 Å². The third-order valence-corrected chi connectivity index (χ3v) is 2.77. The van der Waals surface area contributed by atoms with Gasteiger partial charge >= 0.3 is 5.97 Å². The number of carbonyl (C=O) groups excluding carboxylic acids is 2. The lowest BCUT2D eigenvalue weighted by atomic mass is 10.1. The van der Waals surface area contributed by atoms with Crippen molar-refractivity contribution in [2.75, 3.05) is 20.6 Å². The van der Waals surface area contributed by atoms with Crippen LogP contribution in [-0.2, 0) is 14.4 Å². The van der Waals surface area contributed by atoms with Crippen LogP contribution >= 0.6 is 0 Å². The maximum absolute atomic E-state index is 11.4. The molecular weight excluding hydrogens is 236 g/mol. The maximum Gasteiger partial charge on any atom is 0.326 e. The fraction of sp³-hybridized carbons (Fsp3) is 0.583. The summed E-state index contributed by atoms with van der Waals surface area (Å²) in [7, 11) is 3.87. The molecule has 1 atom stereocenters. The summed E-state index contributed by atoms with van der Waals surface area (Å²) < 4.78 is 0. The van der Waals surface area contributed by atoms with E-state index in [0.717, 1.165) is 30.0 Å². The van der Waals surface area contributed by atoms with E-state index in [2.05, 4.69) is 0 Å². The minimum atomic E-state index is -1.13. The average molecular weight is 254 g/mol. The number of hydrogen-bond donors (Lipinski definition) is 1. The first-order valence-electron chi connectivity index (χ1n) is 5.86. The van der Waals surface area contributed by atoms with Crippen LogP contribution in [-0.4, -0.2) is 59.4 Å². The van der Waals surface area contributed by atoms with E-state index in [-0.39, 0.29) is 0 Å². The van der Waals surface area contributed by atoms with Gasteiger partial charge in [0.1, 0.15) is 6.04 Å². The van der Waals surface area contributed by atoms with Crippen LogP contribution in [0.4, 0.5) is 0 Å². The molecular formula is C12H18N2O4. The van der Waals surface area contributed by atoms with Gasteiger partial charge in [-0.25, -0.2) is 4.79 Å². The van der Waals surface area contributed by atoms with Crippen LogP contribution in [0, 0.1) is 0 Å². The summed E-state index contributed by atoms with van der Waals surface area (Å²) in [5, 5.41) is 9.09. The molecule has 1 aliphatic rings. The molecule has 0 spiro atoms. The summed E-state index contributed by atoms with van der Waals surface area (Å²) in [6.07, 6.45) is 4.01. The Hall–Kier alpha value is -1.69. The van der Waals surface area contributed by atoms with E-state index in [0.29, 0.717) is 12.8 Å². The third-order valence-electron chi connectivity index (χ3n) is 2.77. The van der Waals surface area contributed by atoms with Crippen molar-refractivity contribution in [1.29, 1.82) is 0 Å². The van der Waals surface area contributed by atoms with Gasteiger partial charge in [0.05, 0.1) is 0 Å². The molecule has 18 heavy (non-hydrogen) atoms. The molecule has 0 bridgehead atoms. The Labute approximate surface area is 106 Å². The van der Waals surface area contributed by atoms with Crippen molar-refractivity contribution in [3.63, 3.8) is 0 Å². The fourth-order valence-electron chi connectivity index (χ4n) is 1.85. The second kappa shape index (κ2) is 6.30. The lowest BCUT2D eigenvalue weighted by Crippen LogP contribution is -2.45. The fourth-order valence-corrected chi connectivity index (χ4v) is 1.85. The lowest BCUT2D eigenvalue weighted by Gasteiger charge is -2.22. The number of unbranched alkanes of at least 4 members (excludes halogenated alkanes) is 1. The number of carboxylic acids is 1. The molecule has 0 fully saturated rings. The molecule has 0 aromatic carbocycles. The number of imide groups is 1. The van der Waals surface area contributed by atoms with Gasteiger partial charge < -0.3 is 10.0 Å². The standard InChI is InChI=1S/C12H18N2O4/c1-13(2)8-4-3-5-9(12(17)18)14-10(15)6-7-11(14)16/h6-7,9H,3-5,8H2,1-2H3,(H,17,18)/t9-/m0/s1. The molecule has 0 saturated heterocycles. The van der Waals surface area contributed by atoms with Gasteiger partial charge in [-0.2, -0.15) is 0 Å². The minimum Gasteiger partial charge on any atom is -0.480 e. The minimum absolute atomic E-state index is 0.294. The van der Waals surface area contributed by atoms with E-state index in [4.69, 9.17) is 5.11 Å². The zero-order chi connectivity index (χ0) is 13.7. The zero-order valence-electron chi connectivity index (χ0n) is 10.6. The van der Waals surface area contributed by atoms with Crippen LogP contribution in [0.15, 0.2) is 12.2 Å². The van der Waals surface area contributed by atoms with Gasteiger partial charge in [-0.1, -0.05) is 0 Å². The SMILES string of the molecule is CN(C)CCCC[C@@H](C(=O)O)N1C(=O)C=CC1=O. The molecule has 0 saturated carbocycles. The molecule has 1 heterocycles. The number of carboxylic acid groups (broad SMARTS) is 1. The van der Waals surface area contributed by atoms with Crippen LogP contribution in [0.3, 0.4) is 0 Å². The Morgan fingerprint density at radius 2 is 1.83 bits per heavy atom. The highest BCUT2D eigenvalue weighted by Crippen LogP contribution is 2.15. The van der Waals surface area contributed by atoms with Crippen molar-refractivity contribution < 1.29 is 19.5 Å². The van der Waals surface area contributed by atoms with Gasteiger partial charge in [0.25, 0.3) is 11.8 Å². The topological polar surface area (TPSA) is 77.9 Å². The number of aliphatic carboxylic acids is 1. The molecule has 0 aliphatic carbocycles. The highest BCUT2D eigenvalue weighted by molar-refractivity contribution is 6.14. The number of amides is 2. The molecule has 1 rings (SSSR count). The molecule has 0 aromatic rings. The van der Waals surface area contributed by atoms with Crippen molar-refractivity contribution >= 4 is 17.8 Å². The van der Waals surface area contributed by atoms with Gasteiger partial charge in [0, 0.05) is 12.2 Å². The predicted molar refractivity (Wildman–Crippen MR) is 64.8 cm³/mol. The summed E-state index contributed by atoms with van der Waals surface area (Å²) in [6.45, 7) is 0.854. The van der Waals surface area contributed by atoms with E-state index >= 15 is 0 Å². The summed E-state index contributed by atoms with van der Waals surface area (Å²) in [6, 6.07) is -1.05. The van der Waals surface area contributed by atoms with Gasteiger partial charge in [0.2, 0.25) is 0 Å². The summed E-state index contributed by atoms with van der Waals surface area (Å²) >= 11 is 0. The number of hydrogen-bond acceptors (Lipinski definition) is 4. The van der Waals surface area contributed by atoms with E-state index in [9.17, 15) is 14.4 Å². The number of nitrogens with zero attached hydrogens (tertiary/aromatic N) is 2. The van der Waals surface area contributed by atoms with Crippen LogP contribution in [0.25, 0.3) is 0 Å². The lowest BCUT2D eigenvalue weighted by molar-refractivity contribution is -0.153. The van der Waals surface area contributed by atoms with Gasteiger partial charge in [-0.3, -0.25) is 14.5 Å². The summed E-state index contributed by atoms with van der Waals surface area (Å²) in [5.41, 5.74) is 0. The molecule has 6 nitrogen and oxygen atoms in total. The van der Waals surface area contributed by atoms with Gasteiger partial charge in [-0.15, -0.1) is 0 Å². The third kappa shape index (κ3) is 3.66. The Bertz CT molecular complexity index is 358. The van der Waals surface area contributed by atoms with Crippen molar-refractivity contribution in [2.24, 2.45) is 0 Å². The second-order valence-electron chi connectivity index (χ2n) is 4.53. The smallest absolute Gasteiger partial charge is 0.326 e. The van der Waals surface area contributed by atoms with Crippen molar-refractivity contribution in [3.8, 4) is 0 Å². The van der Waals surface area contributed by atoms with Crippen LogP contribution < -0.4 is 0 Å². The van der Waals surface area contributed by atoms with Crippen molar-refractivity contribution in [1.82, 2.24) is 9.80 Å². The first-order valence-corrected chi connectivity index (χ1v) is 5.86. The molecule has 1 N–H and O–H groups in total. The monoisotopic (exact) mass is 254 g/mol. The van der Waals surface area contributed by atoms with Crippen molar-refractivity contribution in [2.45, 2.75) is 25.3 Å². The van der Waals surface area contributed by atoms with E-state index in [1.165, 1.54) is 0 Å². The maximum atomic E-state index is 11.4. The predicted octanol–water partition coefficient (Wildman–Crippen LogP) is 0.0965. The Kier molecular flexibility index (Phi) is 5.03. The van der Waals surface area contributed by atoms with Crippen molar-refractivity contribution in [3.05, 3.63) is 12.2 Å². The molecule has 2 amide bonds.